The number of hydrogen-bond acceptors (Lipinski definition) is 1. The van der Waals surface area contributed by atoms with Gasteiger partial charge in [-0.3, -0.25) is 4.90 Å². The second-order valence-electron chi connectivity index (χ2n) is 2.32. The molecule has 0 radical (unpaired) electrons. The number of hydrogen-bond donors (Lipinski definition) is 1. The Balaban J connectivity index is 2.64. The van der Waals surface area contributed by atoms with Gasteiger partial charge in [0.2, 0.25) is 0 Å². The highest BCUT2D eigenvalue weighted by Gasteiger charge is 2.07. The molecule has 1 aliphatic heterocycles. The second kappa shape index (κ2) is 2.56. The number of carbonyl (C=O) groups is 1. The van der Waals surface area contributed by atoms with Crippen molar-refractivity contribution < 1.29 is 4.79 Å². The predicted molar refractivity (Wildman–Crippen MR) is 39.2 cm³/mol. The van der Waals surface area contributed by atoms with Crippen molar-refractivity contribution in [2.45, 2.75) is 6.92 Å². The molecule has 0 bridgehead atoms. The predicted octanol–water partition coefficient (Wildman–Crippen LogP) is 0.841. The van der Waals surface area contributed by atoms with E-state index >= 15 is 0 Å². The van der Waals surface area contributed by atoms with Crippen LogP contribution < -0.4 is 5.73 Å². The van der Waals surface area contributed by atoms with Crippen LogP contribution in [0, 0.1) is 0 Å². The number of nitrogens with zero attached hydrogens (tertiary/aromatic N) is 1. The number of rotatable bonds is 0. The summed E-state index contributed by atoms with van der Waals surface area (Å²) in [6.45, 7) is 2.57. The van der Waals surface area contributed by atoms with Crippen LogP contribution in [0.15, 0.2) is 23.9 Å². The fourth-order valence-corrected chi connectivity index (χ4v) is 0.837. The summed E-state index contributed by atoms with van der Waals surface area (Å²) in [5.41, 5.74) is 6.18. The molecule has 0 spiro atoms. The molecule has 0 aliphatic carbocycles. The molecule has 2 amide bonds. The number of amides is 2. The smallest absolute Gasteiger partial charge is 0.319 e. The van der Waals surface area contributed by atoms with E-state index < -0.39 is 6.03 Å². The van der Waals surface area contributed by atoms with Gasteiger partial charge in [-0.15, -0.1) is 0 Å². The summed E-state index contributed by atoms with van der Waals surface area (Å²) in [6.07, 6.45) is 5.44. The maximum atomic E-state index is 10.6. The molecule has 3 heteroatoms. The minimum atomic E-state index is -0.399. The lowest BCUT2D eigenvalue weighted by Crippen LogP contribution is -2.33. The lowest BCUT2D eigenvalue weighted by molar-refractivity contribution is 0.227. The van der Waals surface area contributed by atoms with Crippen LogP contribution in [0.25, 0.3) is 0 Å². The Morgan fingerprint density at radius 2 is 2.50 bits per heavy atom. The first-order chi connectivity index (χ1) is 4.70. The van der Waals surface area contributed by atoms with Crippen LogP contribution >= 0.6 is 0 Å². The molecule has 0 aromatic heterocycles. The standard InChI is InChI=1S/C7H10N2O/c1-6-3-2-4-9(5-6)7(8)10/h2-4H,5H2,1H3,(H2,8,10). The van der Waals surface area contributed by atoms with Gasteiger partial charge in [0.15, 0.2) is 0 Å². The van der Waals surface area contributed by atoms with Gasteiger partial charge in [0.25, 0.3) is 0 Å². The molecule has 2 N–H and O–H groups in total. The molecule has 1 aliphatic rings. The zero-order valence-electron chi connectivity index (χ0n) is 5.87. The molecule has 0 aromatic rings. The van der Waals surface area contributed by atoms with Crippen LogP contribution in [-0.4, -0.2) is 17.5 Å². The highest BCUT2D eigenvalue weighted by Crippen LogP contribution is 2.04. The van der Waals surface area contributed by atoms with Gasteiger partial charge >= 0.3 is 6.03 Å². The maximum absolute atomic E-state index is 10.6. The van der Waals surface area contributed by atoms with Crippen LogP contribution in [0.2, 0.25) is 0 Å². The van der Waals surface area contributed by atoms with Crippen LogP contribution in [0.1, 0.15) is 6.92 Å². The number of primary amides is 1. The van der Waals surface area contributed by atoms with Gasteiger partial charge in [0, 0.05) is 12.7 Å². The van der Waals surface area contributed by atoms with Gasteiger partial charge in [-0.2, -0.15) is 0 Å². The quantitative estimate of drug-likeness (QED) is 0.529. The summed E-state index contributed by atoms with van der Waals surface area (Å²) in [4.78, 5) is 12.0. The maximum Gasteiger partial charge on any atom is 0.319 e. The van der Waals surface area contributed by atoms with E-state index in [1.807, 2.05) is 19.1 Å². The van der Waals surface area contributed by atoms with Crippen molar-refractivity contribution in [3.05, 3.63) is 23.9 Å². The molecule has 10 heavy (non-hydrogen) atoms. The Hall–Kier alpha value is -1.25. The Kier molecular flexibility index (Phi) is 1.76. The fourth-order valence-electron chi connectivity index (χ4n) is 0.837. The minimum Gasteiger partial charge on any atom is -0.351 e. The molecule has 0 saturated carbocycles. The third-order valence-corrected chi connectivity index (χ3v) is 1.35. The number of urea groups is 1. The minimum absolute atomic E-state index is 0.399. The monoisotopic (exact) mass is 138 g/mol. The van der Waals surface area contributed by atoms with Crippen molar-refractivity contribution in [2.75, 3.05) is 6.54 Å². The van der Waals surface area contributed by atoms with Gasteiger partial charge in [0.05, 0.1) is 0 Å². The third-order valence-electron chi connectivity index (χ3n) is 1.35. The Morgan fingerprint density at radius 1 is 1.80 bits per heavy atom. The van der Waals surface area contributed by atoms with Crippen LogP contribution in [0.4, 0.5) is 4.79 Å². The molecule has 0 aromatic carbocycles. The van der Waals surface area contributed by atoms with Crippen molar-refractivity contribution in [1.82, 2.24) is 4.90 Å². The summed E-state index contributed by atoms with van der Waals surface area (Å²) in [5, 5.41) is 0. The van der Waals surface area contributed by atoms with E-state index in [1.54, 1.807) is 6.20 Å². The average molecular weight is 138 g/mol. The lowest BCUT2D eigenvalue weighted by Gasteiger charge is -2.18. The summed E-state index contributed by atoms with van der Waals surface area (Å²) in [7, 11) is 0. The van der Waals surface area contributed by atoms with Gasteiger partial charge in [-0.1, -0.05) is 11.6 Å². The lowest BCUT2D eigenvalue weighted by atomic mass is 10.2. The molecular weight excluding hydrogens is 128 g/mol. The highest BCUT2D eigenvalue weighted by molar-refractivity contribution is 5.73. The van der Waals surface area contributed by atoms with E-state index in [-0.39, 0.29) is 0 Å². The molecular formula is C7H10N2O. The second-order valence-corrected chi connectivity index (χ2v) is 2.32. The fraction of sp³-hybridized carbons (Fsp3) is 0.286. The first-order valence-electron chi connectivity index (χ1n) is 3.10. The van der Waals surface area contributed by atoms with E-state index in [4.69, 9.17) is 5.73 Å². The van der Waals surface area contributed by atoms with Crippen molar-refractivity contribution in [3.8, 4) is 0 Å². The third kappa shape index (κ3) is 1.37. The number of nitrogens with two attached hydrogens (primary N) is 1. The summed E-state index contributed by atoms with van der Waals surface area (Å²) in [6, 6.07) is -0.399. The van der Waals surface area contributed by atoms with E-state index in [0.717, 1.165) is 5.57 Å². The van der Waals surface area contributed by atoms with Crippen LogP contribution in [-0.2, 0) is 0 Å². The molecule has 1 rings (SSSR count). The van der Waals surface area contributed by atoms with Crippen LogP contribution in [0.5, 0.6) is 0 Å². The highest BCUT2D eigenvalue weighted by atomic mass is 16.2. The Labute approximate surface area is 59.8 Å². The topological polar surface area (TPSA) is 46.3 Å². The number of allylic oxidation sites excluding steroid dienone is 2. The van der Waals surface area contributed by atoms with Crippen molar-refractivity contribution in [1.29, 1.82) is 0 Å². The molecule has 0 saturated heterocycles. The van der Waals surface area contributed by atoms with E-state index in [0.29, 0.717) is 6.54 Å². The van der Waals surface area contributed by atoms with E-state index in [2.05, 4.69) is 0 Å². The first kappa shape index (κ1) is 6.86. The molecule has 0 unspecified atom stereocenters. The van der Waals surface area contributed by atoms with Gasteiger partial charge < -0.3 is 5.73 Å². The molecule has 0 atom stereocenters. The average Bonchev–Trinajstić information content (AvgIpc) is 1.88. The molecule has 54 valence electrons. The van der Waals surface area contributed by atoms with Crippen LogP contribution in [0.3, 0.4) is 0 Å². The van der Waals surface area contributed by atoms with E-state index in [9.17, 15) is 4.79 Å². The SMILES string of the molecule is CC1=CC=CN(C(N)=O)C1. The summed E-state index contributed by atoms with van der Waals surface area (Å²) < 4.78 is 0. The summed E-state index contributed by atoms with van der Waals surface area (Å²) >= 11 is 0. The van der Waals surface area contributed by atoms with E-state index in [1.165, 1.54) is 4.90 Å². The normalized spacial score (nSPS) is 16.9. The Bertz CT molecular complexity index is 206. The zero-order chi connectivity index (χ0) is 7.56. The summed E-state index contributed by atoms with van der Waals surface area (Å²) in [5.74, 6) is 0. The van der Waals surface area contributed by atoms with Crippen molar-refractivity contribution >= 4 is 6.03 Å². The zero-order valence-corrected chi connectivity index (χ0v) is 5.87. The molecule has 3 nitrogen and oxygen atoms in total. The van der Waals surface area contributed by atoms with Crippen molar-refractivity contribution in [2.24, 2.45) is 5.73 Å². The van der Waals surface area contributed by atoms with Gasteiger partial charge in [0.1, 0.15) is 0 Å². The molecule has 1 heterocycles. The molecule has 0 fully saturated rings. The largest absolute Gasteiger partial charge is 0.351 e. The number of carbonyl (C=O) groups excluding carboxylic acids is 1. The first-order valence-corrected chi connectivity index (χ1v) is 3.10. The Morgan fingerprint density at radius 3 is 2.90 bits per heavy atom. The van der Waals surface area contributed by atoms with Crippen molar-refractivity contribution in [3.63, 3.8) is 0 Å². The van der Waals surface area contributed by atoms with Gasteiger partial charge in [-0.05, 0) is 13.0 Å². The van der Waals surface area contributed by atoms with Gasteiger partial charge in [-0.25, -0.2) is 4.79 Å².